The van der Waals surface area contributed by atoms with Gasteiger partial charge in [-0.2, -0.15) is 10.4 Å². The van der Waals surface area contributed by atoms with Crippen LogP contribution in [0.3, 0.4) is 0 Å². The number of amides is 1. The molecular formula is C20H22FN5O. The van der Waals surface area contributed by atoms with E-state index in [2.05, 4.69) is 11.2 Å². The molecule has 2 aromatic rings. The second-order valence-corrected chi connectivity index (χ2v) is 7.38. The normalized spacial score (nSPS) is 17.3. The number of benzene rings is 1. The number of hydrogen-bond donors (Lipinski definition) is 0. The smallest absolute Gasteiger partial charge is 0.237 e. The lowest BCUT2D eigenvalue weighted by atomic mass is 10.0. The number of nitriles is 1. The molecule has 0 radical (unpaired) electrons. The SMILES string of the molecule is Cc1nn(Cc2ccc(F)cc2)c2c1CCN(C(=O)CN1CC(C#N)C1)C2. The lowest BCUT2D eigenvalue weighted by molar-refractivity contribution is -0.134. The summed E-state index contributed by atoms with van der Waals surface area (Å²) in [6.45, 7) is 5.55. The summed E-state index contributed by atoms with van der Waals surface area (Å²) >= 11 is 0. The highest BCUT2D eigenvalue weighted by Crippen LogP contribution is 2.24. The standard InChI is InChI=1S/C20H22FN5O/c1-14-18-6-7-25(20(27)13-24-9-16(8-22)10-24)12-19(18)26(23-14)11-15-2-4-17(21)5-3-15/h2-5,16H,6-7,9-13H2,1H3. The van der Waals surface area contributed by atoms with Gasteiger partial charge in [-0.25, -0.2) is 4.39 Å². The van der Waals surface area contributed by atoms with Crippen LogP contribution in [0.15, 0.2) is 24.3 Å². The highest BCUT2D eigenvalue weighted by atomic mass is 19.1. The molecule has 0 atom stereocenters. The molecule has 0 N–H and O–H groups in total. The van der Waals surface area contributed by atoms with Crippen molar-refractivity contribution in [3.05, 3.63) is 52.6 Å². The second-order valence-electron chi connectivity index (χ2n) is 7.38. The van der Waals surface area contributed by atoms with Crippen LogP contribution < -0.4 is 0 Å². The Morgan fingerprint density at radius 1 is 1.33 bits per heavy atom. The Morgan fingerprint density at radius 2 is 2.07 bits per heavy atom. The highest BCUT2D eigenvalue weighted by molar-refractivity contribution is 5.78. The Morgan fingerprint density at radius 3 is 2.78 bits per heavy atom. The molecule has 0 aliphatic carbocycles. The molecule has 0 bridgehead atoms. The summed E-state index contributed by atoms with van der Waals surface area (Å²) in [5.74, 6) is -0.0893. The van der Waals surface area contributed by atoms with Crippen molar-refractivity contribution >= 4 is 5.91 Å². The van der Waals surface area contributed by atoms with Crippen LogP contribution >= 0.6 is 0 Å². The van der Waals surface area contributed by atoms with Crippen LogP contribution in [0.4, 0.5) is 4.39 Å². The number of fused-ring (bicyclic) bond motifs is 1. The molecule has 1 aromatic carbocycles. The van der Waals surface area contributed by atoms with Crippen molar-refractivity contribution in [1.82, 2.24) is 19.6 Å². The Balaban J connectivity index is 1.46. The van der Waals surface area contributed by atoms with E-state index in [1.165, 1.54) is 17.7 Å². The molecule has 1 amide bonds. The maximum Gasteiger partial charge on any atom is 0.237 e. The number of carbonyl (C=O) groups is 1. The number of aryl methyl sites for hydroxylation is 1. The van der Waals surface area contributed by atoms with E-state index in [0.717, 1.165) is 23.4 Å². The first-order valence-corrected chi connectivity index (χ1v) is 9.23. The average molecular weight is 367 g/mol. The molecule has 7 heteroatoms. The Labute approximate surface area is 157 Å². The van der Waals surface area contributed by atoms with Gasteiger partial charge < -0.3 is 4.90 Å². The summed E-state index contributed by atoms with van der Waals surface area (Å²) in [5.41, 5.74) is 4.26. The van der Waals surface area contributed by atoms with E-state index in [4.69, 9.17) is 5.26 Å². The van der Waals surface area contributed by atoms with Gasteiger partial charge in [0.25, 0.3) is 0 Å². The van der Waals surface area contributed by atoms with E-state index in [-0.39, 0.29) is 17.6 Å². The van der Waals surface area contributed by atoms with E-state index in [1.807, 2.05) is 21.4 Å². The number of aromatic nitrogens is 2. The van der Waals surface area contributed by atoms with Gasteiger partial charge in [-0.15, -0.1) is 0 Å². The fourth-order valence-electron chi connectivity index (χ4n) is 3.85. The Bertz CT molecular complexity index is 892. The molecule has 0 unspecified atom stereocenters. The zero-order valence-corrected chi connectivity index (χ0v) is 15.4. The fraction of sp³-hybridized carbons (Fsp3) is 0.450. The van der Waals surface area contributed by atoms with Gasteiger partial charge >= 0.3 is 0 Å². The van der Waals surface area contributed by atoms with Gasteiger partial charge in [-0.3, -0.25) is 14.4 Å². The zero-order chi connectivity index (χ0) is 19.0. The van der Waals surface area contributed by atoms with Crippen molar-refractivity contribution in [2.45, 2.75) is 26.4 Å². The topological polar surface area (TPSA) is 65.2 Å². The molecule has 1 saturated heterocycles. The van der Waals surface area contributed by atoms with Crippen molar-refractivity contribution in [2.24, 2.45) is 5.92 Å². The monoisotopic (exact) mass is 367 g/mol. The quantitative estimate of drug-likeness (QED) is 0.825. The number of halogens is 1. The lowest BCUT2D eigenvalue weighted by Crippen LogP contribution is -2.51. The molecule has 4 rings (SSSR count). The number of likely N-dealkylation sites (tertiary alicyclic amines) is 1. The molecule has 1 aromatic heterocycles. The van der Waals surface area contributed by atoms with Crippen LogP contribution in [0.5, 0.6) is 0 Å². The van der Waals surface area contributed by atoms with Gasteiger partial charge in [-0.1, -0.05) is 12.1 Å². The molecule has 6 nitrogen and oxygen atoms in total. The molecular weight excluding hydrogens is 345 g/mol. The van der Waals surface area contributed by atoms with Crippen LogP contribution in [0.1, 0.15) is 22.5 Å². The molecule has 0 spiro atoms. The predicted molar refractivity (Wildman–Crippen MR) is 97.1 cm³/mol. The van der Waals surface area contributed by atoms with Gasteiger partial charge in [0, 0.05) is 19.6 Å². The zero-order valence-electron chi connectivity index (χ0n) is 15.4. The van der Waals surface area contributed by atoms with Crippen molar-refractivity contribution in [3.63, 3.8) is 0 Å². The van der Waals surface area contributed by atoms with E-state index < -0.39 is 0 Å². The summed E-state index contributed by atoms with van der Waals surface area (Å²) in [6, 6.07) is 8.67. The number of carbonyl (C=O) groups excluding carboxylic acids is 1. The van der Waals surface area contributed by atoms with Crippen LogP contribution in [0, 0.1) is 30.0 Å². The van der Waals surface area contributed by atoms with Crippen molar-refractivity contribution < 1.29 is 9.18 Å². The van der Waals surface area contributed by atoms with Crippen LogP contribution in [0.2, 0.25) is 0 Å². The third-order valence-electron chi connectivity index (χ3n) is 5.44. The third-order valence-corrected chi connectivity index (χ3v) is 5.44. The van der Waals surface area contributed by atoms with Gasteiger partial charge in [0.05, 0.1) is 43.0 Å². The number of nitrogens with zero attached hydrogens (tertiary/aromatic N) is 5. The van der Waals surface area contributed by atoms with E-state index in [1.54, 1.807) is 12.1 Å². The molecule has 2 aliphatic rings. The van der Waals surface area contributed by atoms with Gasteiger partial charge in [0.1, 0.15) is 5.82 Å². The first-order valence-electron chi connectivity index (χ1n) is 9.23. The van der Waals surface area contributed by atoms with Gasteiger partial charge in [0.2, 0.25) is 5.91 Å². The Kier molecular flexibility index (Phi) is 4.66. The van der Waals surface area contributed by atoms with E-state index in [0.29, 0.717) is 39.3 Å². The first-order chi connectivity index (χ1) is 13.0. The summed E-state index contributed by atoms with van der Waals surface area (Å²) in [4.78, 5) is 16.5. The highest BCUT2D eigenvalue weighted by Gasteiger charge is 2.31. The summed E-state index contributed by atoms with van der Waals surface area (Å²) in [5, 5.41) is 13.5. The fourth-order valence-corrected chi connectivity index (χ4v) is 3.85. The number of rotatable bonds is 4. The summed E-state index contributed by atoms with van der Waals surface area (Å²) in [7, 11) is 0. The molecule has 140 valence electrons. The average Bonchev–Trinajstić information content (AvgIpc) is 2.94. The van der Waals surface area contributed by atoms with Crippen LogP contribution in [-0.4, -0.2) is 51.7 Å². The van der Waals surface area contributed by atoms with Gasteiger partial charge in [-0.05, 0) is 36.6 Å². The third kappa shape index (κ3) is 3.58. The van der Waals surface area contributed by atoms with E-state index in [9.17, 15) is 9.18 Å². The minimum Gasteiger partial charge on any atom is -0.335 e. The Hall–Kier alpha value is -2.72. The summed E-state index contributed by atoms with van der Waals surface area (Å²) < 4.78 is 15.1. The maximum atomic E-state index is 13.1. The van der Waals surface area contributed by atoms with Crippen LogP contribution in [-0.2, 0) is 24.3 Å². The molecule has 3 heterocycles. The first kappa shape index (κ1) is 17.7. The summed E-state index contributed by atoms with van der Waals surface area (Å²) in [6.07, 6.45) is 0.803. The second kappa shape index (κ2) is 7.12. The molecule has 0 saturated carbocycles. The van der Waals surface area contributed by atoms with Crippen molar-refractivity contribution in [2.75, 3.05) is 26.2 Å². The van der Waals surface area contributed by atoms with Crippen LogP contribution in [0.25, 0.3) is 0 Å². The molecule has 27 heavy (non-hydrogen) atoms. The largest absolute Gasteiger partial charge is 0.335 e. The molecule has 1 fully saturated rings. The van der Waals surface area contributed by atoms with E-state index >= 15 is 0 Å². The van der Waals surface area contributed by atoms with Gasteiger partial charge in [0.15, 0.2) is 0 Å². The lowest BCUT2D eigenvalue weighted by Gasteiger charge is -2.37. The van der Waals surface area contributed by atoms with Crippen molar-refractivity contribution in [1.29, 1.82) is 5.26 Å². The molecule has 2 aliphatic heterocycles. The minimum absolute atomic E-state index is 0.0607. The number of hydrogen-bond acceptors (Lipinski definition) is 4. The minimum atomic E-state index is -0.251. The maximum absolute atomic E-state index is 13.1. The predicted octanol–water partition coefficient (Wildman–Crippen LogP) is 1.72. The van der Waals surface area contributed by atoms with Crippen molar-refractivity contribution in [3.8, 4) is 6.07 Å².